The van der Waals surface area contributed by atoms with Gasteiger partial charge < -0.3 is 15.4 Å². The molecular formula is C13H20N4O2. The van der Waals surface area contributed by atoms with Gasteiger partial charge in [-0.3, -0.25) is 9.48 Å². The molecule has 0 bridgehead atoms. The topological polar surface area (TPSA) is 68.2 Å². The molecule has 2 aliphatic rings. The molecule has 0 aliphatic carbocycles. The van der Waals surface area contributed by atoms with Crippen LogP contribution in [-0.4, -0.2) is 41.5 Å². The van der Waals surface area contributed by atoms with E-state index in [1.165, 1.54) is 0 Å². The van der Waals surface area contributed by atoms with E-state index in [0.717, 1.165) is 38.8 Å². The minimum Gasteiger partial charge on any atom is -0.368 e. The molecule has 0 saturated carbocycles. The SMILES string of the molecule is O=C(Nc1ccn([C@@H]2CCNC2)n1)[C@@H]1CCCCO1. The standard InChI is InChI=1S/C13H20N4O2/c18-13(11-3-1-2-8-19-11)15-12-5-7-17(16-12)10-4-6-14-9-10/h5,7,10-11,14H,1-4,6,8-9H2,(H,15,16,18)/t10-,11+/m1/s1. The summed E-state index contributed by atoms with van der Waals surface area (Å²) in [5.41, 5.74) is 0. The van der Waals surface area contributed by atoms with Crippen molar-refractivity contribution >= 4 is 11.7 Å². The highest BCUT2D eigenvalue weighted by molar-refractivity contribution is 5.93. The smallest absolute Gasteiger partial charge is 0.254 e. The molecule has 2 N–H and O–H groups in total. The van der Waals surface area contributed by atoms with E-state index in [-0.39, 0.29) is 12.0 Å². The van der Waals surface area contributed by atoms with Crippen LogP contribution >= 0.6 is 0 Å². The third-order valence-corrected chi connectivity index (χ3v) is 3.74. The number of carbonyl (C=O) groups is 1. The highest BCUT2D eigenvalue weighted by atomic mass is 16.5. The fraction of sp³-hybridized carbons (Fsp3) is 0.692. The highest BCUT2D eigenvalue weighted by Crippen LogP contribution is 2.17. The van der Waals surface area contributed by atoms with Crippen molar-refractivity contribution in [1.29, 1.82) is 0 Å². The van der Waals surface area contributed by atoms with Gasteiger partial charge in [-0.2, -0.15) is 5.10 Å². The van der Waals surface area contributed by atoms with Gasteiger partial charge in [0.05, 0.1) is 6.04 Å². The second kappa shape index (κ2) is 5.71. The number of aromatic nitrogens is 2. The summed E-state index contributed by atoms with van der Waals surface area (Å²) in [5.74, 6) is 0.542. The van der Waals surface area contributed by atoms with Crippen molar-refractivity contribution in [3.8, 4) is 0 Å². The Balaban J connectivity index is 1.58. The Hall–Kier alpha value is -1.40. The zero-order valence-corrected chi connectivity index (χ0v) is 11.0. The maximum atomic E-state index is 12.0. The molecule has 3 heterocycles. The summed E-state index contributed by atoms with van der Waals surface area (Å²) in [6, 6.07) is 2.25. The molecule has 0 spiro atoms. The van der Waals surface area contributed by atoms with E-state index in [2.05, 4.69) is 15.7 Å². The zero-order valence-electron chi connectivity index (χ0n) is 11.0. The summed E-state index contributed by atoms with van der Waals surface area (Å²) in [4.78, 5) is 12.0. The zero-order chi connectivity index (χ0) is 13.1. The van der Waals surface area contributed by atoms with Gasteiger partial charge in [-0.15, -0.1) is 0 Å². The van der Waals surface area contributed by atoms with Crippen molar-refractivity contribution in [2.45, 2.75) is 37.8 Å². The van der Waals surface area contributed by atoms with Crippen LogP contribution in [0.15, 0.2) is 12.3 Å². The number of nitrogens with zero attached hydrogens (tertiary/aromatic N) is 2. The molecular weight excluding hydrogens is 244 g/mol. The van der Waals surface area contributed by atoms with Crippen LogP contribution in [-0.2, 0) is 9.53 Å². The summed E-state index contributed by atoms with van der Waals surface area (Å²) in [6.07, 6.45) is 5.61. The monoisotopic (exact) mass is 264 g/mol. The quantitative estimate of drug-likeness (QED) is 0.852. The summed E-state index contributed by atoms with van der Waals surface area (Å²) >= 11 is 0. The highest BCUT2D eigenvalue weighted by Gasteiger charge is 2.23. The molecule has 2 aliphatic heterocycles. The van der Waals surface area contributed by atoms with Gasteiger partial charge in [-0.25, -0.2) is 0 Å². The number of nitrogens with one attached hydrogen (secondary N) is 2. The Labute approximate surface area is 112 Å². The first-order chi connectivity index (χ1) is 9.33. The maximum absolute atomic E-state index is 12.0. The number of anilines is 1. The van der Waals surface area contributed by atoms with Crippen molar-refractivity contribution in [2.75, 3.05) is 25.0 Å². The Bertz CT molecular complexity index is 434. The van der Waals surface area contributed by atoms with Crippen LogP contribution in [0.4, 0.5) is 5.82 Å². The molecule has 0 aromatic carbocycles. The molecule has 1 amide bonds. The fourth-order valence-electron chi connectivity index (χ4n) is 2.63. The number of hydrogen-bond acceptors (Lipinski definition) is 4. The Morgan fingerprint density at radius 3 is 3.16 bits per heavy atom. The van der Waals surface area contributed by atoms with Crippen LogP contribution in [0.5, 0.6) is 0 Å². The van der Waals surface area contributed by atoms with E-state index in [1.807, 2.05) is 16.9 Å². The van der Waals surface area contributed by atoms with Crippen LogP contribution in [0.1, 0.15) is 31.7 Å². The lowest BCUT2D eigenvalue weighted by molar-refractivity contribution is -0.130. The number of carbonyl (C=O) groups excluding carboxylic acids is 1. The number of hydrogen-bond donors (Lipinski definition) is 2. The van der Waals surface area contributed by atoms with Gasteiger partial charge in [0.15, 0.2) is 5.82 Å². The Kier molecular flexibility index (Phi) is 3.79. The van der Waals surface area contributed by atoms with E-state index in [4.69, 9.17) is 4.74 Å². The Morgan fingerprint density at radius 1 is 1.47 bits per heavy atom. The second-order valence-electron chi connectivity index (χ2n) is 5.17. The van der Waals surface area contributed by atoms with Crippen LogP contribution in [0, 0.1) is 0 Å². The first-order valence-electron chi connectivity index (χ1n) is 7.01. The van der Waals surface area contributed by atoms with Gasteiger partial charge in [-0.1, -0.05) is 0 Å². The van der Waals surface area contributed by atoms with Gasteiger partial charge >= 0.3 is 0 Å². The van der Waals surface area contributed by atoms with Crippen molar-refractivity contribution in [3.63, 3.8) is 0 Å². The van der Waals surface area contributed by atoms with E-state index in [1.54, 1.807) is 0 Å². The molecule has 0 radical (unpaired) electrons. The molecule has 6 nitrogen and oxygen atoms in total. The van der Waals surface area contributed by atoms with Crippen molar-refractivity contribution < 1.29 is 9.53 Å². The minimum atomic E-state index is -0.313. The molecule has 1 aromatic rings. The van der Waals surface area contributed by atoms with E-state index in [9.17, 15) is 4.79 Å². The molecule has 2 saturated heterocycles. The summed E-state index contributed by atoms with van der Waals surface area (Å²) < 4.78 is 7.39. The third kappa shape index (κ3) is 2.96. The van der Waals surface area contributed by atoms with E-state index in [0.29, 0.717) is 18.5 Å². The molecule has 3 rings (SSSR count). The first-order valence-corrected chi connectivity index (χ1v) is 7.01. The second-order valence-corrected chi connectivity index (χ2v) is 5.17. The van der Waals surface area contributed by atoms with Crippen molar-refractivity contribution in [2.24, 2.45) is 0 Å². The summed E-state index contributed by atoms with van der Waals surface area (Å²) in [6.45, 7) is 2.66. The Morgan fingerprint density at radius 2 is 2.42 bits per heavy atom. The lowest BCUT2D eigenvalue weighted by Crippen LogP contribution is -2.33. The third-order valence-electron chi connectivity index (χ3n) is 3.74. The lowest BCUT2D eigenvalue weighted by Gasteiger charge is -2.21. The molecule has 19 heavy (non-hydrogen) atoms. The van der Waals surface area contributed by atoms with Gasteiger partial charge in [0, 0.05) is 25.4 Å². The van der Waals surface area contributed by atoms with Crippen LogP contribution < -0.4 is 10.6 Å². The number of rotatable bonds is 3. The maximum Gasteiger partial charge on any atom is 0.254 e. The van der Waals surface area contributed by atoms with Crippen molar-refractivity contribution in [1.82, 2.24) is 15.1 Å². The minimum absolute atomic E-state index is 0.0745. The fourth-order valence-corrected chi connectivity index (χ4v) is 2.63. The van der Waals surface area contributed by atoms with Gasteiger partial charge in [-0.05, 0) is 32.2 Å². The van der Waals surface area contributed by atoms with Crippen LogP contribution in [0.25, 0.3) is 0 Å². The molecule has 1 aromatic heterocycles. The predicted molar refractivity (Wildman–Crippen MR) is 71.0 cm³/mol. The summed E-state index contributed by atoms with van der Waals surface area (Å²) in [5, 5.41) is 10.6. The van der Waals surface area contributed by atoms with E-state index < -0.39 is 0 Å². The largest absolute Gasteiger partial charge is 0.368 e. The molecule has 6 heteroatoms. The predicted octanol–water partition coefficient (Wildman–Crippen LogP) is 0.925. The average Bonchev–Trinajstić information content (AvgIpc) is 3.10. The van der Waals surface area contributed by atoms with Crippen LogP contribution in [0.3, 0.4) is 0 Å². The van der Waals surface area contributed by atoms with Crippen LogP contribution in [0.2, 0.25) is 0 Å². The lowest BCUT2D eigenvalue weighted by atomic mass is 10.1. The first kappa shape index (κ1) is 12.6. The molecule has 0 unspecified atom stereocenters. The average molecular weight is 264 g/mol. The van der Waals surface area contributed by atoms with Gasteiger partial charge in [0.25, 0.3) is 5.91 Å². The number of amides is 1. The van der Waals surface area contributed by atoms with Gasteiger partial charge in [0.2, 0.25) is 0 Å². The summed E-state index contributed by atoms with van der Waals surface area (Å²) in [7, 11) is 0. The van der Waals surface area contributed by atoms with E-state index >= 15 is 0 Å². The number of ether oxygens (including phenoxy) is 1. The van der Waals surface area contributed by atoms with Gasteiger partial charge in [0.1, 0.15) is 6.10 Å². The van der Waals surface area contributed by atoms with Crippen molar-refractivity contribution in [3.05, 3.63) is 12.3 Å². The molecule has 2 atom stereocenters. The normalized spacial score (nSPS) is 27.4. The molecule has 2 fully saturated rings. The molecule has 104 valence electrons.